The van der Waals surface area contributed by atoms with Gasteiger partial charge in [-0.3, -0.25) is 4.79 Å². The molecule has 1 saturated carbocycles. The highest BCUT2D eigenvalue weighted by atomic mass is 16.5. The van der Waals surface area contributed by atoms with Crippen LogP contribution in [0, 0.1) is 0 Å². The number of hydrogen-bond acceptors (Lipinski definition) is 4. The van der Waals surface area contributed by atoms with Gasteiger partial charge in [0.15, 0.2) is 0 Å². The molecule has 0 aliphatic heterocycles. The van der Waals surface area contributed by atoms with Crippen molar-refractivity contribution in [3.05, 3.63) is 24.3 Å². The second-order valence-corrected chi connectivity index (χ2v) is 5.79. The van der Waals surface area contributed by atoms with Crippen LogP contribution in [0.3, 0.4) is 0 Å². The highest BCUT2D eigenvalue weighted by molar-refractivity contribution is 5.87. The molecule has 5 heteroatoms. The summed E-state index contributed by atoms with van der Waals surface area (Å²) in [7, 11) is 0. The molecule has 0 bridgehead atoms. The van der Waals surface area contributed by atoms with Gasteiger partial charge < -0.3 is 10.1 Å². The average molecular weight is 317 g/mol. The Balaban J connectivity index is 1.73. The monoisotopic (exact) mass is 317 g/mol. The number of ether oxygens (including phenoxy) is 1. The molecule has 0 spiro atoms. The zero-order chi connectivity index (χ0) is 16.3. The van der Waals surface area contributed by atoms with Gasteiger partial charge in [-0.2, -0.15) is 5.10 Å². The topological polar surface area (TPSA) is 62.7 Å². The minimum atomic E-state index is -0.117. The van der Waals surface area contributed by atoms with E-state index >= 15 is 0 Å². The number of anilines is 1. The summed E-state index contributed by atoms with van der Waals surface area (Å²) in [6, 6.07) is 7.58. The molecule has 126 valence electrons. The van der Waals surface area contributed by atoms with Gasteiger partial charge in [-0.15, -0.1) is 0 Å². The number of hydrazone groups is 1. The van der Waals surface area contributed by atoms with E-state index in [-0.39, 0.29) is 12.5 Å². The van der Waals surface area contributed by atoms with Crippen LogP contribution in [0.1, 0.15) is 51.9 Å². The summed E-state index contributed by atoms with van der Waals surface area (Å²) in [5, 5.41) is 7.38. The van der Waals surface area contributed by atoms with Gasteiger partial charge in [0.25, 0.3) is 5.91 Å². The van der Waals surface area contributed by atoms with Crippen LogP contribution in [0.2, 0.25) is 0 Å². The molecule has 2 N–H and O–H groups in total. The fourth-order valence-corrected chi connectivity index (χ4v) is 2.62. The first-order valence-electron chi connectivity index (χ1n) is 8.59. The molecule has 5 nitrogen and oxygen atoms in total. The molecule has 1 fully saturated rings. The van der Waals surface area contributed by atoms with Crippen molar-refractivity contribution < 1.29 is 9.53 Å². The molecular weight excluding hydrogens is 290 g/mol. The molecule has 1 aromatic rings. The van der Waals surface area contributed by atoms with Crippen LogP contribution in [0.15, 0.2) is 29.4 Å². The Hall–Kier alpha value is -2.04. The Kier molecular flexibility index (Phi) is 7.43. The molecule has 2 rings (SSSR count). The third-order valence-electron chi connectivity index (χ3n) is 3.89. The Morgan fingerprint density at radius 1 is 1.09 bits per heavy atom. The Morgan fingerprint density at radius 2 is 1.74 bits per heavy atom. The van der Waals surface area contributed by atoms with Crippen LogP contribution >= 0.6 is 0 Å². The van der Waals surface area contributed by atoms with Crippen LogP contribution < -0.4 is 15.5 Å². The van der Waals surface area contributed by atoms with Gasteiger partial charge in [-0.1, -0.05) is 19.3 Å². The summed E-state index contributed by atoms with van der Waals surface area (Å²) in [6.07, 6.45) is 8.24. The van der Waals surface area contributed by atoms with Crippen LogP contribution in [-0.4, -0.2) is 24.8 Å². The van der Waals surface area contributed by atoms with Crippen molar-refractivity contribution in [1.29, 1.82) is 0 Å². The SMILES string of the molecule is CCOc1ccc(NCC(=O)NN=C2CCCCCCC2)cc1. The summed E-state index contributed by atoms with van der Waals surface area (Å²) in [6.45, 7) is 2.81. The molecule has 1 aliphatic carbocycles. The van der Waals surface area contributed by atoms with Crippen LogP contribution in [0.25, 0.3) is 0 Å². The zero-order valence-corrected chi connectivity index (χ0v) is 13.9. The average Bonchev–Trinajstić information content (AvgIpc) is 2.53. The van der Waals surface area contributed by atoms with E-state index in [1.807, 2.05) is 31.2 Å². The van der Waals surface area contributed by atoms with Gasteiger partial charge in [0.2, 0.25) is 0 Å². The quantitative estimate of drug-likeness (QED) is 0.786. The number of carbonyl (C=O) groups is 1. The summed E-state index contributed by atoms with van der Waals surface area (Å²) >= 11 is 0. The molecule has 0 saturated heterocycles. The number of hydrogen-bond donors (Lipinski definition) is 2. The van der Waals surface area contributed by atoms with Gasteiger partial charge in [-0.05, 0) is 56.9 Å². The second kappa shape index (κ2) is 9.87. The molecule has 0 radical (unpaired) electrons. The highest BCUT2D eigenvalue weighted by Crippen LogP contribution is 2.16. The number of rotatable bonds is 6. The van der Waals surface area contributed by atoms with Crippen molar-refractivity contribution in [3.8, 4) is 5.75 Å². The Bertz CT molecular complexity index is 502. The minimum Gasteiger partial charge on any atom is -0.494 e. The fourth-order valence-electron chi connectivity index (χ4n) is 2.62. The van der Waals surface area contributed by atoms with E-state index in [1.54, 1.807) is 0 Å². The van der Waals surface area contributed by atoms with E-state index < -0.39 is 0 Å². The van der Waals surface area contributed by atoms with E-state index in [0.29, 0.717) is 6.61 Å². The summed E-state index contributed by atoms with van der Waals surface area (Å²) in [4.78, 5) is 11.9. The van der Waals surface area contributed by atoms with Gasteiger partial charge in [0.1, 0.15) is 5.75 Å². The number of nitrogens with one attached hydrogen (secondary N) is 2. The molecule has 0 aromatic heterocycles. The molecule has 0 unspecified atom stereocenters. The van der Waals surface area contributed by atoms with Gasteiger partial charge >= 0.3 is 0 Å². The van der Waals surface area contributed by atoms with Crippen LogP contribution in [0.5, 0.6) is 5.75 Å². The summed E-state index contributed by atoms with van der Waals surface area (Å²) < 4.78 is 5.39. The number of carbonyl (C=O) groups excluding carboxylic acids is 1. The van der Waals surface area contributed by atoms with Crippen molar-refractivity contribution in [3.63, 3.8) is 0 Å². The number of nitrogens with zero attached hydrogens (tertiary/aromatic N) is 1. The van der Waals surface area contributed by atoms with Crippen molar-refractivity contribution in [2.45, 2.75) is 51.9 Å². The predicted molar refractivity (Wildman–Crippen MR) is 94.0 cm³/mol. The Morgan fingerprint density at radius 3 is 2.39 bits per heavy atom. The molecular formula is C18H27N3O2. The maximum absolute atomic E-state index is 11.9. The zero-order valence-electron chi connectivity index (χ0n) is 13.9. The second-order valence-electron chi connectivity index (χ2n) is 5.79. The molecule has 1 aliphatic rings. The highest BCUT2D eigenvalue weighted by Gasteiger charge is 2.06. The summed E-state index contributed by atoms with van der Waals surface area (Å²) in [5.74, 6) is 0.714. The smallest absolute Gasteiger partial charge is 0.259 e. The van der Waals surface area contributed by atoms with E-state index in [1.165, 1.54) is 32.1 Å². The van der Waals surface area contributed by atoms with Gasteiger partial charge in [0.05, 0.1) is 13.2 Å². The molecule has 1 aromatic carbocycles. The van der Waals surface area contributed by atoms with Crippen LogP contribution in [0.4, 0.5) is 5.69 Å². The van der Waals surface area contributed by atoms with E-state index in [9.17, 15) is 4.79 Å². The predicted octanol–water partition coefficient (Wildman–Crippen LogP) is 3.71. The standard InChI is InChI=1S/C18H27N3O2/c1-2-23-17-12-10-15(11-13-17)19-14-18(22)21-20-16-8-6-4-3-5-7-9-16/h10-13,19H,2-9,14H2,1H3,(H,21,22). The molecule has 23 heavy (non-hydrogen) atoms. The van der Waals surface area contributed by atoms with Crippen molar-refractivity contribution in [2.24, 2.45) is 5.10 Å². The summed E-state index contributed by atoms with van der Waals surface area (Å²) in [5.41, 5.74) is 4.68. The largest absolute Gasteiger partial charge is 0.494 e. The lowest BCUT2D eigenvalue weighted by atomic mass is 9.99. The third kappa shape index (κ3) is 6.72. The van der Waals surface area contributed by atoms with E-state index in [0.717, 1.165) is 30.0 Å². The first-order valence-corrected chi connectivity index (χ1v) is 8.59. The normalized spacial score (nSPS) is 15.3. The minimum absolute atomic E-state index is 0.117. The number of amides is 1. The van der Waals surface area contributed by atoms with Crippen molar-refractivity contribution >= 4 is 17.3 Å². The van der Waals surface area contributed by atoms with Crippen molar-refractivity contribution in [2.75, 3.05) is 18.5 Å². The Labute approximate surface area is 138 Å². The molecule has 0 heterocycles. The maximum atomic E-state index is 11.9. The van der Waals surface area contributed by atoms with E-state index in [2.05, 4.69) is 15.8 Å². The number of benzene rings is 1. The van der Waals surface area contributed by atoms with Gasteiger partial charge in [-0.25, -0.2) is 5.43 Å². The van der Waals surface area contributed by atoms with E-state index in [4.69, 9.17) is 4.74 Å². The first kappa shape index (κ1) is 17.3. The van der Waals surface area contributed by atoms with Crippen molar-refractivity contribution in [1.82, 2.24) is 5.43 Å². The lowest BCUT2D eigenvalue weighted by molar-refractivity contribution is -0.119. The van der Waals surface area contributed by atoms with Crippen LogP contribution in [-0.2, 0) is 4.79 Å². The lowest BCUT2D eigenvalue weighted by Crippen LogP contribution is -2.27. The fraction of sp³-hybridized carbons (Fsp3) is 0.556. The maximum Gasteiger partial charge on any atom is 0.259 e. The first-order chi connectivity index (χ1) is 11.3. The van der Waals surface area contributed by atoms with Gasteiger partial charge in [0, 0.05) is 11.4 Å². The molecule has 1 amide bonds. The third-order valence-corrected chi connectivity index (χ3v) is 3.89. The molecule has 0 atom stereocenters. The lowest BCUT2D eigenvalue weighted by Gasteiger charge is -2.11.